The Kier molecular flexibility index (Phi) is 3.72. The molecule has 2 rings (SSSR count). The summed E-state index contributed by atoms with van der Waals surface area (Å²) < 4.78 is 13.1. The normalized spacial score (nSPS) is 15.6. The second kappa shape index (κ2) is 5.27. The van der Waals surface area contributed by atoms with Crippen LogP contribution in [-0.2, 0) is 4.79 Å². The Labute approximate surface area is 105 Å². The fourth-order valence-corrected chi connectivity index (χ4v) is 1.92. The SMILES string of the molecule is Cc1cc(C(=O)C(=O)N2CCNCC2)ccc1F. The van der Waals surface area contributed by atoms with Crippen LogP contribution in [-0.4, -0.2) is 42.8 Å². The third-order valence-electron chi connectivity index (χ3n) is 3.02. The van der Waals surface area contributed by atoms with Crippen molar-refractivity contribution in [3.05, 3.63) is 35.1 Å². The van der Waals surface area contributed by atoms with Gasteiger partial charge in [0.05, 0.1) is 0 Å². The summed E-state index contributed by atoms with van der Waals surface area (Å²) in [6.07, 6.45) is 0. The fraction of sp³-hybridized carbons (Fsp3) is 0.385. The fourth-order valence-electron chi connectivity index (χ4n) is 1.92. The minimum Gasteiger partial charge on any atom is -0.333 e. The number of Topliss-reactive ketones (excluding diaryl/α,β-unsaturated/α-hetero) is 1. The van der Waals surface area contributed by atoms with Gasteiger partial charge in [-0.15, -0.1) is 0 Å². The Hall–Kier alpha value is -1.75. The van der Waals surface area contributed by atoms with Crippen LogP contribution in [0.15, 0.2) is 18.2 Å². The molecule has 0 saturated carbocycles. The molecule has 1 N–H and O–H groups in total. The van der Waals surface area contributed by atoms with E-state index in [4.69, 9.17) is 0 Å². The monoisotopic (exact) mass is 250 g/mol. The lowest BCUT2D eigenvalue weighted by molar-refractivity contribution is -0.126. The first kappa shape index (κ1) is 12.7. The number of amides is 1. The summed E-state index contributed by atoms with van der Waals surface area (Å²) in [5.41, 5.74) is 0.617. The number of nitrogens with zero attached hydrogens (tertiary/aromatic N) is 1. The van der Waals surface area contributed by atoms with Crippen molar-refractivity contribution in [3.63, 3.8) is 0 Å². The first-order chi connectivity index (χ1) is 8.59. The number of benzene rings is 1. The van der Waals surface area contributed by atoms with Gasteiger partial charge in [-0.05, 0) is 30.7 Å². The van der Waals surface area contributed by atoms with Gasteiger partial charge in [-0.2, -0.15) is 0 Å². The van der Waals surface area contributed by atoms with Crippen LogP contribution >= 0.6 is 0 Å². The molecule has 1 aliphatic rings. The van der Waals surface area contributed by atoms with Crippen LogP contribution in [0.2, 0.25) is 0 Å². The van der Waals surface area contributed by atoms with Gasteiger partial charge in [-0.3, -0.25) is 9.59 Å². The highest BCUT2D eigenvalue weighted by atomic mass is 19.1. The Bertz CT molecular complexity index is 482. The third kappa shape index (κ3) is 2.56. The number of piperazine rings is 1. The summed E-state index contributed by atoms with van der Waals surface area (Å²) in [6, 6.07) is 3.98. The summed E-state index contributed by atoms with van der Waals surface area (Å²) in [7, 11) is 0. The van der Waals surface area contributed by atoms with Crippen LogP contribution in [0.1, 0.15) is 15.9 Å². The number of aryl methyl sites for hydroxylation is 1. The number of carbonyl (C=O) groups is 2. The molecule has 0 radical (unpaired) electrons. The quantitative estimate of drug-likeness (QED) is 0.622. The van der Waals surface area contributed by atoms with E-state index in [9.17, 15) is 14.0 Å². The van der Waals surface area contributed by atoms with Crippen molar-refractivity contribution < 1.29 is 14.0 Å². The van der Waals surface area contributed by atoms with Crippen LogP contribution in [0.5, 0.6) is 0 Å². The van der Waals surface area contributed by atoms with Crippen LogP contribution in [0, 0.1) is 12.7 Å². The molecular weight excluding hydrogens is 235 g/mol. The van der Waals surface area contributed by atoms with Gasteiger partial charge in [0.1, 0.15) is 5.82 Å². The molecule has 0 atom stereocenters. The molecule has 1 fully saturated rings. The van der Waals surface area contributed by atoms with E-state index in [0.29, 0.717) is 31.7 Å². The molecule has 0 spiro atoms. The smallest absolute Gasteiger partial charge is 0.295 e. The zero-order chi connectivity index (χ0) is 13.1. The predicted molar refractivity (Wildman–Crippen MR) is 64.9 cm³/mol. The van der Waals surface area contributed by atoms with E-state index in [-0.39, 0.29) is 11.4 Å². The molecule has 1 aliphatic heterocycles. The number of carbonyl (C=O) groups excluding carboxylic acids is 2. The van der Waals surface area contributed by atoms with Crippen molar-refractivity contribution in [2.45, 2.75) is 6.92 Å². The number of hydrogen-bond donors (Lipinski definition) is 1. The molecule has 4 nitrogen and oxygen atoms in total. The number of ketones is 1. The minimum absolute atomic E-state index is 0.248. The summed E-state index contributed by atoms with van der Waals surface area (Å²) in [5, 5.41) is 3.11. The standard InChI is InChI=1S/C13H15FN2O2/c1-9-8-10(2-3-11(9)14)12(17)13(18)16-6-4-15-5-7-16/h2-3,8,15H,4-7H2,1H3. The van der Waals surface area contributed by atoms with Crippen molar-refractivity contribution in [1.29, 1.82) is 0 Å². The summed E-state index contributed by atoms with van der Waals surface area (Å²) >= 11 is 0. The molecule has 1 heterocycles. The summed E-state index contributed by atoms with van der Waals surface area (Å²) in [6.45, 7) is 4.03. The van der Waals surface area contributed by atoms with Gasteiger partial charge in [0, 0.05) is 31.7 Å². The maximum atomic E-state index is 13.1. The molecule has 1 amide bonds. The summed E-state index contributed by atoms with van der Waals surface area (Å²) in [4.78, 5) is 25.4. The van der Waals surface area contributed by atoms with Crippen molar-refractivity contribution in [2.24, 2.45) is 0 Å². The van der Waals surface area contributed by atoms with E-state index in [1.54, 1.807) is 6.92 Å². The first-order valence-corrected chi connectivity index (χ1v) is 5.90. The van der Waals surface area contributed by atoms with E-state index < -0.39 is 11.7 Å². The van der Waals surface area contributed by atoms with Crippen molar-refractivity contribution in [3.8, 4) is 0 Å². The molecular formula is C13H15FN2O2. The number of nitrogens with one attached hydrogen (secondary N) is 1. The highest BCUT2D eigenvalue weighted by molar-refractivity contribution is 6.42. The van der Waals surface area contributed by atoms with Crippen LogP contribution in [0.4, 0.5) is 4.39 Å². The molecule has 0 bridgehead atoms. The predicted octanol–water partition coefficient (Wildman–Crippen LogP) is 0.749. The van der Waals surface area contributed by atoms with Gasteiger partial charge >= 0.3 is 0 Å². The Balaban J connectivity index is 2.14. The van der Waals surface area contributed by atoms with Gasteiger partial charge in [0.2, 0.25) is 5.78 Å². The number of hydrogen-bond acceptors (Lipinski definition) is 3. The number of rotatable bonds is 2. The van der Waals surface area contributed by atoms with Crippen LogP contribution < -0.4 is 5.32 Å². The average Bonchev–Trinajstić information content (AvgIpc) is 2.41. The Morgan fingerprint density at radius 2 is 1.94 bits per heavy atom. The average molecular weight is 250 g/mol. The molecule has 96 valence electrons. The van der Waals surface area contributed by atoms with Crippen LogP contribution in [0.3, 0.4) is 0 Å². The molecule has 0 unspecified atom stereocenters. The zero-order valence-electron chi connectivity index (χ0n) is 10.2. The lowest BCUT2D eigenvalue weighted by Crippen LogP contribution is -2.48. The molecule has 0 aliphatic carbocycles. The molecule has 18 heavy (non-hydrogen) atoms. The maximum absolute atomic E-state index is 13.1. The highest BCUT2D eigenvalue weighted by Crippen LogP contribution is 2.11. The van der Waals surface area contributed by atoms with E-state index in [1.807, 2.05) is 0 Å². The molecule has 0 aromatic heterocycles. The number of halogens is 1. The topological polar surface area (TPSA) is 49.4 Å². The second-order valence-electron chi connectivity index (χ2n) is 4.34. The maximum Gasteiger partial charge on any atom is 0.295 e. The van der Waals surface area contributed by atoms with Crippen molar-refractivity contribution in [2.75, 3.05) is 26.2 Å². The Morgan fingerprint density at radius 1 is 1.28 bits per heavy atom. The lowest BCUT2D eigenvalue weighted by Gasteiger charge is -2.26. The van der Waals surface area contributed by atoms with Gasteiger partial charge in [-0.25, -0.2) is 4.39 Å². The largest absolute Gasteiger partial charge is 0.333 e. The highest BCUT2D eigenvalue weighted by Gasteiger charge is 2.24. The van der Waals surface area contributed by atoms with Gasteiger partial charge in [0.15, 0.2) is 0 Å². The van der Waals surface area contributed by atoms with E-state index >= 15 is 0 Å². The molecule has 1 aromatic carbocycles. The van der Waals surface area contributed by atoms with Crippen LogP contribution in [0.25, 0.3) is 0 Å². The van der Waals surface area contributed by atoms with E-state index in [2.05, 4.69) is 5.32 Å². The third-order valence-corrected chi connectivity index (χ3v) is 3.02. The first-order valence-electron chi connectivity index (χ1n) is 5.90. The molecule has 5 heteroatoms. The lowest BCUT2D eigenvalue weighted by atomic mass is 10.1. The van der Waals surface area contributed by atoms with Gasteiger partial charge in [0.25, 0.3) is 5.91 Å². The van der Waals surface area contributed by atoms with E-state index in [1.165, 1.54) is 23.1 Å². The Morgan fingerprint density at radius 3 is 2.56 bits per heavy atom. The minimum atomic E-state index is -0.569. The molecule has 1 saturated heterocycles. The molecule has 1 aromatic rings. The van der Waals surface area contributed by atoms with Gasteiger partial charge in [-0.1, -0.05) is 0 Å². The van der Waals surface area contributed by atoms with Crippen molar-refractivity contribution >= 4 is 11.7 Å². The second-order valence-corrected chi connectivity index (χ2v) is 4.34. The van der Waals surface area contributed by atoms with Crippen molar-refractivity contribution in [1.82, 2.24) is 10.2 Å². The van der Waals surface area contributed by atoms with E-state index in [0.717, 1.165) is 0 Å². The zero-order valence-corrected chi connectivity index (χ0v) is 10.2. The van der Waals surface area contributed by atoms with Gasteiger partial charge < -0.3 is 10.2 Å². The summed E-state index contributed by atoms with van der Waals surface area (Å²) in [5.74, 6) is -1.45.